The second-order valence-corrected chi connectivity index (χ2v) is 5.05. The largest absolute Gasteiger partial charge is 0.497 e. The molecule has 1 N–H and O–H groups in total. The highest BCUT2D eigenvalue weighted by atomic mass is 16.5. The second-order valence-electron chi connectivity index (χ2n) is 5.05. The molecule has 16 heavy (non-hydrogen) atoms. The van der Waals surface area contributed by atoms with Crippen molar-refractivity contribution in [2.45, 2.75) is 32.2 Å². The van der Waals surface area contributed by atoms with Gasteiger partial charge < -0.3 is 10.1 Å². The van der Waals surface area contributed by atoms with E-state index in [-0.39, 0.29) is 0 Å². The molecule has 0 saturated heterocycles. The van der Waals surface area contributed by atoms with Gasteiger partial charge in [-0.05, 0) is 49.4 Å². The smallest absolute Gasteiger partial charge is 0.119 e. The van der Waals surface area contributed by atoms with Gasteiger partial charge in [-0.1, -0.05) is 19.1 Å². The topological polar surface area (TPSA) is 21.3 Å². The third kappa shape index (κ3) is 2.38. The van der Waals surface area contributed by atoms with Crippen molar-refractivity contribution in [1.82, 2.24) is 5.32 Å². The maximum Gasteiger partial charge on any atom is 0.119 e. The molecule has 0 radical (unpaired) electrons. The van der Waals surface area contributed by atoms with Gasteiger partial charge in [0, 0.05) is 6.04 Å². The zero-order valence-electron chi connectivity index (χ0n) is 10.4. The van der Waals surface area contributed by atoms with Crippen molar-refractivity contribution >= 4 is 0 Å². The number of nitrogens with one attached hydrogen (secondary N) is 1. The van der Waals surface area contributed by atoms with Crippen LogP contribution in [0.4, 0.5) is 0 Å². The van der Waals surface area contributed by atoms with Crippen LogP contribution in [0.3, 0.4) is 0 Å². The molecule has 1 fully saturated rings. The summed E-state index contributed by atoms with van der Waals surface area (Å²) in [4.78, 5) is 0. The van der Waals surface area contributed by atoms with E-state index in [2.05, 4.69) is 37.5 Å². The lowest BCUT2D eigenvalue weighted by Gasteiger charge is -2.23. The molecule has 0 aromatic heterocycles. The lowest BCUT2D eigenvalue weighted by molar-refractivity contribution is 0.374. The first kappa shape index (κ1) is 11.5. The van der Waals surface area contributed by atoms with Gasteiger partial charge in [-0.25, -0.2) is 0 Å². The standard InChI is InChI=1S/C14H21NO/c1-14(7-8-14)13(15-2)10-11-5-4-6-12(9-11)16-3/h4-6,9,13,15H,7-8,10H2,1-3H3. The summed E-state index contributed by atoms with van der Waals surface area (Å²) in [6, 6.07) is 8.96. The van der Waals surface area contributed by atoms with E-state index in [1.54, 1.807) is 7.11 Å². The molecule has 1 aliphatic carbocycles. The van der Waals surface area contributed by atoms with Gasteiger partial charge in [-0.2, -0.15) is 0 Å². The van der Waals surface area contributed by atoms with Crippen LogP contribution in [0, 0.1) is 5.41 Å². The van der Waals surface area contributed by atoms with Crippen molar-refractivity contribution in [3.63, 3.8) is 0 Å². The maximum atomic E-state index is 5.25. The molecular formula is C14H21NO. The van der Waals surface area contributed by atoms with Gasteiger partial charge in [0.1, 0.15) is 5.75 Å². The van der Waals surface area contributed by atoms with Crippen LogP contribution in [-0.4, -0.2) is 20.2 Å². The fourth-order valence-electron chi connectivity index (χ4n) is 2.28. The van der Waals surface area contributed by atoms with E-state index in [4.69, 9.17) is 4.74 Å². The average Bonchev–Trinajstić information content (AvgIpc) is 3.05. The van der Waals surface area contributed by atoms with Gasteiger partial charge >= 0.3 is 0 Å². The first-order chi connectivity index (χ1) is 7.68. The third-order valence-electron chi connectivity index (χ3n) is 3.80. The molecule has 0 heterocycles. The molecule has 0 spiro atoms. The Kier molecular flexibility index (Phi) is 3.20. The molecule has 2 nitrogen and oxygen atoms in total. The van der Waals surface area contributed by atoms with E-state index in [9.17, 15) is 0 Å². The highest BCUT2D eigenvalue weighted by molar-refractivity contribution is 5.29. The fourth-order valence-corrected chi connectivity index (χ4v) is 2.28. The van der Waals surface area contributed by atoms with Crippen LogP contribution in [0.25, 0.3) is 0 Å². The van der Waals surface area contributed by atoms with E-state index in [1.807, 2.05) is 6.07 Å². The summed E-state index contributed by atoms with van der Waals surface area (Å²) >= 11 is 0. The van der Waals surface area contributed by atoms with Crippen molar-refractivity contribution in [3.8, 4) is 5.75 Å². The minimum Gasteiger partial charge on any atom is -0.497 e. The molecule has 88 valence electrons. The van der Waals surface area contributed by atoms with Crippen molar-refractivity contribution in [3.05, 3.63) is 29.8 Å². The Bertz CT molecular complexity index is 358. The predicted octanol–water partition coefficient (Wildman–Crippen LogP) is 2.63. The number of rotatable bonds is 5. The minimum absolute atomic E-state index is 0.512. The van der Waals surface area contributed by atoms with Gasteiger partial charge in [0.05, 0.1) is 7.11 Å². The molecule has 0 aliphatic heterocycles. The highest BCUT2D eigenvalue weighted by Crippen LogP contribution is 2.48. The first-order valence-electron chi connectivity index (χ1n) is 5.98. The van der Waals surface area contributed by atoms with E-state index in [1.165, 1.54) is 18.4 Å². The molecule has 1 aromatic carbocycles. The van der Waals surface area contributed by atoms with Crippen molar-refractivity contribution in [2.24, 2.45) is 5.41 Å². The Hall–Kier alpha value is -1.02. The number of likely N-dealkylation sites (N-methyl/N-ethyl adjacent to an activating group) is 1. The van der Waals surface area contributed by atoms with Gasteiger partial charge in [0.2, 0.25) is 0 Å². The Labute approximate surface area is 98.0 Å². The van der Waals surface area contributed by atoms with Crippen molar-refractivity contribution in [2.75, 3.05) is 14.2 Å². The molecule has 0 amide bonds. The molecular weight excluding hydrogens is 198 g/mol. The Morgan fingerprint density at radius 3 is 2.75 bits per heavy atom. The Balaban J connectivity index is 2.06. The summed E-state index contributed by atoms with van der Waals surface area (Å²) < 4.78 is 5.25. The van der Waals surface area contributed by atoms with Crippen LogP contribution in [-0.2, 0) is 6.42 Å². The van der Waals surface area contributed by atoms with E-state index >= 15 is 0 Å². The van der Waals surface area contributed by atoms with Crippen LogP contribution in [0.15, 0.2) is 24.3 Å². The summed E-state index contributed by atoms with van der Waals surface area (Å²) in [5, 5.41) is 3.45. The lowest BCUT2D eigenvalue weighted by atomic mass is 9.92. The summed E-state index contributed by atoms with van der Waals surface area (Å²) in [5.74, 6) is 0.952. The monoisotopic (exact) mass is 219 g/mol. The van der Waals surface area contributed by atoms with Gasteiger partial charge in [0.25, 0.3) is 0 Å². The summed E-state index contributed by atoms with van der Waals surface area (Å²) in [7, 11) is 3.78. The summed E-state index contributed by atoms with van der Waals surface area (Å²) in [5.41, 5.74) is 1.87. The fraction of sp³-hybridized carbons (Fsp3) is 0.571. The van der Waals surface area contributed by atoms with Crippen LogP contribution in [0.2, 0.25) is 0 Å². The molecule has 2 heteroatoms. The quantitative estimate of drug-likeness (QED) is 0.822. The zero-order chi connectivity index (χ0) is 11.6. The number of methoxy groups -OCH3 is 1. The van der Waals surface area contributed by atoms with E-state index < -0.39 is 0 Å². The zero-order valence-corrected chi connectivity index (χ0v) is 10.4. The highest BCUT2D eigenvalue weighted by Gasteiger charge is 2.43. The van der Waals surface area contributed by atoms with Crippen LogP contribution >= 0.6 is 0 Å². The van der Waals surface area contributed by atoms with Gasteiger partial charge in [-0.15, -0.1) is 0 Å². The Morgan fingerprint density at radius 2 is 2.19 bits per heavy atom. The number of benzene rings is 1. The molecule has 2 rings (SSSR count). The number of hydrogen-bond acceptors (Lipinski definition) is 2. The molecule has 1 unspecified atom stereocenters. The maximum absolute atomic E-state index is 5.25. The summed E-state index contributed by atoms with van der Waals surface area (Å²) in [6.45, 7) is 2.37. The van der Waals surface area contributed by atoms with Crippen molar-refractivity contribution < 1.29 is 4.74 Å². The SMILES string of the molecule is CNC(Cc1cccc(OC)c1)C1(C)CC1. The van der Waals surface area contributed by atoms with E-state index in [0.717, 1.165) is 12.2 Å². The second kappa shape index (κ2) is 4.46. The van der Waals surface area contributed by atoms with Gasteiger partial charge in [0.15, 0.2) is 0 Å². The van der Waals surface area contributed by atoms with Crippen LogP contribution in [0.5, 0.6) is 5.75 Å². The molecule has 1 aliphatic rings. The Morgan fingerprint density at radius 1 is 1.44 bits per heavy atom. The average molecular weight is 219 g/mol. The van der Waals surface area contributed by atoms with Gasteiger partial charge in [-0.3, -0.25) is 0 Å². The molecule has 1 aromatic rings. The summed E-state index contributed by atoms with van der Waals surface area (Å²) in [6.07, 6.45) is 3.79. The normalized spacial score (nSPS) is 19.2. The van der Waals surface area contributed by atoms with Crippen LogP contribution < -0.4 is 10.1 Å². The number of ether oxygens (including phenoxy) is 1. The molecule has 1 saturated carbocycles. The lowest BCUT2D eigenvalue weighted by Crippen LogP contribution is -2.35. The minimum atomic E-state index is 0.512. The number of hydrogen-bond donors (Lipinski definition) is 1. The van der Waals surface area contributed by atoms with E-state index in [0.29, 0.717) is 11.5 Å². The first-order valence-corrected chi connectivity index (χ1v) is 5.98. The van der Waals surface area contributed by atoms with Crippen LogP contribution in [0.1, 0.15) is 25.3 Å². The predicted molar refractivity (Wildman–Crippen MR) is 66.9 cm³/mol. The molecule has 1 atom stereocenters. The van der Waals surface area contributed by atoms with Crippen molar-refractivity contribution in [1.29, 1.82) is 0 Å². The molecule has 0 bridgehead atoms. The third-order valence-corrected chi connectivity index (χ3v) is 3.80.